The first-order valence-corrected chi connectivity index (χ1v) is 10.8. The SMILES string of the molecule is CSc1ccc(-c2nc(COC3CCN(C(=O)OC4(C)CC4)CC3)no2)cc1. The van der Waals surface area contributed by atoms with Crippen molar-refractivity contribution in [1.82, 2.24) is 15.0 Å². The fourth-order valence-electron chi connectivity index (χ4n) is 3.11. The first kappa shape index (κ1) is 19.3. The Morgan fingerprint density at radius 1 is 1.29 bits per heavy atom. The van der Waals surface area contributed by atoms with Gasteiger partial charge in [0.15, 0.2) is 5.82 Å². The highest BCUT2D eigenvalue weighted by Gasteiger charge is 2.43. The molecule has 4 rings (SSSR count). The number of hydrogen-bond acceptors (Lipinski definition) is 7. The van der Waals surface area contributed by atoms with E-state index in [9.17, 15) is 4.79 Å². The van der Waals surface area contributed by atoms with Gasteiger partial charge in [-0.1, -0.05) is 5.16 Å². The van der Waals surface area contributed by atoms with Gasteiger partial charge in [0.05, 0.1) is 6.10 Å². The summed E-state index contributed by atoms with van der Waals surface area (Å²) in [7, 11) is 0. The Hall–Kier alpha value is -2.06. The molecule has 0 spiro atoms. The van der Waals surface area contributed by atoms with Crippen LogP contribution in [-0.2, 0) is 16.1 Å². The number of carbonyl (C=O) groups is 1. The molecular weight excluding hydrogens is 378 g/mol. The lowest BCUT2D eigenvalue weighted by molar-refractivity contribution is -0.0117. The molecule has 0 N–H and O–H groups in total. The Morgan fingerprint density at radius 3 is 2.64 bits per heavy atom. The molecule has 2 aliphatic rings. The molecule has 150 valence electrons. The van der Waals surface area contributed by atoms with Crippen LogP contribution in [0.15, 0.2) is 33.7 Å². The second-order valence-electron chi connectivity index (χ2n) is 7.56. The molecular formula is C20H25N3O4S. The van der Waals surface area contributed by atoms with Gasteiger partial charge in [0.25, 0.3) is 5.89 Å². The van der Waals surface area contributed by atoms with Crippen molar-refractivity contribution in [2.24, 2.45) is 0 Å². The maximum Gasteiger partial charge on any atom is 0.410 e. The van der Waals surface area contributed by atoms with Crippen molar-refractivity contribution in [1.29, 1.82) is 0 Å². The number of amides is 1. The largest absolute Gasteiger partial charge is 0.443 e. The zero-order chi connectivity index (χ0) is 19.6. The lowest BCUT2D eigenvalue weighted by atomic mass is 10.1. The molecule has 0 unspecified atom stereocenters. The van der Waals surface area contributed by atoms with Crippen LogP contribution in [0.4, 0.5) is 4.79 Å². The van der Waals surface area contributed by atoms with Crippen molar-refractivity contribution in [3.05, 3.63) is 30.1 Å². The van der Waals surface area contributed by atoms with Crippen LogP contribution in [0, 0.1) is 0 Å². The van der Waals surface area contributed by atoms with Crippen LogP contribution < -0.4 is 0 Å². The van der Waals surface area contributed by atoms with Gasteiger partial charge in [-0.15, -0.1) is 11.8 Å². The van der Waals surface area contributed by atoms with Gasteiger partial charge in [-0.25, -0.2) is 4.79 Å². The molecule has 2 aromatic rings. The van der Waals surface area contributed by atoms with Crippen LogP contribution in [-0.4, -0.2) is 52.2 Å². The summed E-state index contributed by atoms with van der Waals surface area (Å²) in [5.74, 6) is 1.03. The van der Waals surface area contributed by atoms with Gasteiger partial charge < -0.3 is 18.9 Å². The van der Waals surface area contributed by atoms with Crippen LogP contribution in [0.25, 0.3) is 11.5 Å². The molecule has 1 amide bonds. The summed E-state index contributed by atoms with van der Waals surface area (Å²) >= 11 is 1.69. The topological polar surface area (TPSA) is 77.7 Å². The number of rotatable bonds is 6. The number of aromatic nitrogens is 2. The van der Waals surface area contributed by atoms with Crippen LogP contribution in [0.5, 0.6) is 0 Å². The van der Waals surface area contributed by atoms with E-state index in [1.807, 2.05) is 37.4 Å². The minimum Gasteiger partial charge on any atom is -0.443 e. The number of piperidine rings is 1. The van der Waals surface area contributed by atoms with Crippen LogP contribution >= 0.6 is 11.8 Å². The van der Waals surface area contributed by atoms with Crippen molar-refractivity contribution in [2.75, 3.05) is 19.3 Å². The lowest BCUT2D eigenvalue weighted by Gasteiger charge is -2.31. The highest BCUT2D eigenvalue weighted by molar-refractivity contribution is 7.98. The van der Waals surface area contributed by atoms with Gasteiger partial charge in [0.1, 0.15) is 12.2 Å². The third-order valence-electron chi connectivity index (χ3n) is 5.24. The molecule has 0 radical (unpaired) electrons. The van der Waals surface area contributed by atoms with E-state index in [1.165, 1.54) is 4.90 Å². The van der Waals surface area contributed by atoms with E-state index in [4.69, 9.17) is 14.0 Å². The molecule has 1 aromatic heterocycles. The summed E-state index contributed by atoms with van der Waals surface area (Å²) in [5.41, 5.74) is 0.670. The van der Waals surface area contributed by atoms with Crippen LogP contribution in [0.3, 0.4) is 0 Å². The van der Waals surface area contributed by atoms with Crippen molar-refractivity contribution < 1.29 is 18.8 Å². The molecule has 28 heavy (non-hydrogen) atoms. The Labute approximate surface area is 168 Å². The first-order chi connectivity index (χ1) is 13.5. The second-order valence-corrected chi connectivity index (χ2v) is 8.44. The molecule has 0 atom stereocenters. The van der Waals surface area contributed by atoms with Gasteiger partial charge >= 0.3 is 6.09 Å². The quantitative estimate of drug-likeness (QED) is 0.671. The van der Waals surface area contributed by atoms with E-state index in [1.54, 1.807) is 16.7 Å². The number of hydrogen-bond donors (Lipinski definition) is 0. The smallest absolute Gasteiger partial charge is 0.410 e. The molecule has 0 bridgehead atoms. The Balaban J connectivity index is 1.23. The van der Waals surface area contributed by atoms with Crippen molar-refractivity contribution in [2.45, 2.75) is 55.8 Å². The van der Waals surface area contributed by atoms with Crippen molar-refractivity contribution in [3.8, 4) is 11.5 Å². The Bertz CT molecular complexity index is 811. The highest BCUT2D eigenvalue weighted by atomic mass is 32.2. The number of carbonyl (C=O) groups excluding carboxylic acids is 1. The average Bonchev–Trinajstić information content (AvgIpc) is 3.26. The second kappa shape index (κ2) is 8.13. The van der Waals surface area contributed by atoms with Gasteiger partial charge in [-0.05, 0) is 63.1 Å². The lowest BCUT2D eigenvalue weighted by Crippen LogP contribution is -2.42. The zero-order valence-corrected chi connectivity index (χ0v) is 17.0. The third kappa shape index (κ3) is 4.67. The molecule has 1 aliphatic carbocycles. The summed E-state index contributed by atoms with van der Waals surface area (Å²) in [6, 6.07) is 8.01. The molecule has 1 saturated heterocycles. The molecule has 2 fully saturated rings. The fraction of sp³-hybridized carbons (Fsp3) is 0.550. The van der Waals surface area contributed by atoms with E-state index in [0.717, 1.165) is 31.2 Å². The minimum atomic E-state index is -0.226. The summed E-state index contributed by atoms with van der Waals surface area (Å²) < 4.78 is 16.8. The summed E-state index contributed by atoms with van der Waals surface area (Å²) in [5, 5.41) is 4.01. The van der Waals surface area contributed by atoms with Crippen molar-refractivity contribution >= 4 is 17.9 Å². The summed E-state index contributed by atoms with van der Waals surface area (Å²) in [4.78, 5) is 19.5. The molecule has 1 saturated carbocycles. The Kier molecular flexibility index (Phi) is 5.59. The summed E-state index contributed by atoms with van der Waals surface area (Å²) in [6.45, 7) is 3.59. The van der Waals surface area contributed by atoms with Gasteiger partial charge in [0, 0.05) is 23.5 Å². The van der Waals surface area contributed by atoms with Crippen molar-refractivity contribution in [3.63, 3.8) is 0 Å². The molecule has 1 aromatic carbocycles. The van der Waals surface area contributed by atoms with Crippen LogP contribution in [0.2, 0.25) is 0 Å². The van der Waals surface area contributed by atoms with E-state index >= 15 is 0 Å². The van der Waals surface area contributed by atoms with Gasteiger partial charge in [0.2, 0.25) is 0 Å². The highest BCUT2D eigenvalue weighted by Crippen LogP contribution is 2.39. The zero-order valence-electron chi connectivity index (χ0n) is 16.2. The summed E-state index contributed by atoms with van der Waals surface area (Å²) in [6.07, 6.45) is 5.42. The standard InChI is InChI=1S/C20H25N3O4S/c1-20(9-10-20)26-19(24)23-11-7-15(8-12-23)25-13-17-21-18(27-22-17)14-3-5-16(28-2)6-4-14/h3-6,15H,7-13H2,1-2H3. The minimum absolute atomic E-state index is 0.0865. The monoisotopic (exact) mass is 403 g/mol. The van der Waals surface area contributed by atoms with E-state index < -0.39 is 0 Å². The molecule has 2 heterocycles. The van der Waals surface area contributed by atoms with Gasteiger partial charge in [-0.3, -0.25) is 0 Å². The van der Waals surface area contributed by atoms with Gasteiger partial charge in [-0.2, -0.15) is 4.98 Å². The predicted molar refractivity (Wildman–Crippen MR) is 105 cm³/mol. The molecule has 8 heteroatoms. The third-order valence-corrected chi connectivity index (χ3v) is 5.98. The number of nitrogens with zero attached hydrogens (tertiary/aromatic N) is 3. The number of thioether (sulfide) groups is 1. The normalized spacial score (nSPS) is 18.9. The molecule has 1 aliphatic heterocycles. The first-order valence-electron chi connectivity index (χ1n) is 9.61. The maximum atomic E-state index is 12.1. The predicted octanol–water partition coefficient (Wildman–Crippen LogP) is 4.13. The van der Waals surface area contributed by atoms with E-state index in [-0.39, 0.29) is 17.8 Å². The Morgan fingerprint density at radius 2 is 2.00 bits per heavy atom. The number of likely N-dealkylation sites (tertiary alicyclic amines) is 1. The molecule has 7 nitrogen and oxygen atoms in total. The van der Waals surface area contributed by atoms with E-state index in [0.29, 0.717) is 31.4 Å². The number of ether oxygens (including phenoxy) is 2. The maximum absolute atomic E-state index is 12.1. The average molecular weight is 404 g/mol. The fourth-order valence-corrected chi connectivity index (χ4v) is 3.52. The van der Waals surface area contributed by atoms with E-state index in [2.05, 4.69) is 10.1 Å². The van der Waals surface area contributed by atoms with Crippen LogP contribution in [0.1, 0.15) is 38.4 Å². The number of benzene rings is 1.